The summed E-state index contributed by atoms with van der Waals surface area (Å²) >= 11 is 0. The molecule has 34 heavy (non-hydrogen) atoms. The van der Waals surface area contributed by atoms with Crippen LogP contribution in [0.2, 0.25) is 0 Å². The van der Waals surface area contributed by atoms with E-state index in [-0.39, 0.29) is 34.2 Å². The van der Waals surface area contributed by atoms with E-state index in [0.717, 1.165) is 31.8 Å². The number of hydrogen-bond acceptors (Lipinski definition) is 6. The highest BCUT2D eigenvalue weighted by molar-refractivity contribution is 7.92. The molecular formula is C23H33F3O6S2. The molecule has 0 amide bonds. The number of ether oxygens (including phenoxy) is 1. The van der Waals surface area contributed by atoms with Gasteiger partial charge in [-0.25, -0.2) is 8.42 Å². The second-order valence-corrected chi connectivity index (χ2v) is 15.3. The fraction of sp³-hybridized carbons (Fsp3) is 0.826. The molecule has 2 unspecified atom stereocenters. The largest absolute Gasteiger partial charge is 0.534 e. The molecule has 1 aliphatic heterocycles. The molecular weight excluding hydrogens is 493 g/mol. The van der Waals surface area contributed by atoms with Gasteiger partial charge in [-0.3, -0.25) is 0 Å². The van der Waals surface area contributed by atoms with Crippen LogP contribution in [0.15, 0.2) is 23.7 Å². The van der Waals surface area contributed by atoms with Gasteiger partial charge in [-0.05, 0) is 59.8 Å². The lowest BCUT2D eigenvalue weighted by molar-refractivity contribution is -0.140. The van der Waals surface area contributed by atoms with Crippen LogP contribution in [-0.2, 0) is 28.9 Å². The minimum absolute atomic E-state index is 0.0133. The highest BCUT2D eigenvalue weighted by Crippen LogP contribution is 2.69. The number of methoxy groups -OCH3 is 1. The van der Waals surface area contributed by atoms with Crippen LogP contribution >= 0.6 is 0 Å². The third-order valence-corrected chi connectivity index (χ3v) is 12.4. The van der Waals surface area contributed by atoms with Crippen molar-refractivity contribution in [1.82, 2.24) is 0 Å². The average Bonchev–Trinajstić information content (AvgIpc) is 2.67. The summed E-state index contributed by atoms with van der Waals surface area (Å²) in [5, 5.41) is -1.22. The molecule has 0 N–H and O–H groups in total. The van der Waals surface area contributed by atoms with E-state index in [0.29, 0.717) is 6.42 Å². The first kappa shape index (κ1) is 25.9. The summed E-state index contributed by atoms with van der Waals surface area (Å²) in [7, 11) is -8.58. The highest BCUT2D eigenvalue weighted by Gasteiger charge is 2.67. The summed E-state index contributed by atoms with van der Waals surface area (Å²) in [5.41, 5.74) is -6.73. The first-order valence-electron chi connectivity index (χ1n) is 11.6. The summed E-state index contributed by atoms with van der Waals surface area (Å²) in [5.74, 6) is -1.77. The van der Waals surface area contributed by atoms with Crippen LogP contribution in [-0.4, -0.2) is 40.5 Å². The van der Waals surface area contributed by atoms with E-state index in [1.807, 2.05) is 6.92 Å². The van der Waals surface area contributed by atoms with Crippen molar-refractivity contribution in [2.75, 3.05) is 12.9 Å². The Kier molecular flexibility index (Phi) is 5.80. The van der Waals surface area contributed by atoms with Crippen molar-refractivity contribution < 1.29 is 38.9 Å². The maximum atomic E-state index is 13.6. The van der Waals surface area contributed by atoms with Crippen molar-refractivity contribution in [3.05, 3.63) is 23.7 Å². The third-order valence-electron chi connectivity index (χ3n) is 9.34. The van der Waals surface area contributed by atoms with Gasteiger partial charge in [0.1, 0.15) is 11.5 Å². The molecule has 2 saturated carbocycles. The maximum Gasteiger partial charge on any atom is 0.534 e. The first-order valence-corrected chi connectivity index (χ1v) is 14.7. The second-order valence-electron chi connectivity index (χ2n) is 11.6. The molecule has 3 aliphatic carbocycles. The molecule has 4 rings (SSSR count). The van der Waals surface area contributed by atoms with Crippen molar-refractivity contribution in [2.45, 2.75) is 70.6 Å². The van der Waals surface area contributed by atoms with Crippen molar-refractivity contribution in [1.29, 1.82) is 0 Å². The Balaban J connectivity index is 1.87. The van der Waals surface area contributed by atoms with E-state index in [1.54, 1.807) is 0 Å². The summed E-state index contributed by atoms with van der Waals surface area (Å²) in [4.78, 5) is 0. The Bertz CT molecular complexity index is 1140. The number of alkyl halides is 3. The van der Waals surface area contributed by atoms with Crippen molar-refractivity contribution >= 4 is 20.0 Å². The number of sulfone groups is 1. The molecule has 11 heteroatoms. The second kappa shape index (κ2) is 7.63. The molecule has 1 heterocycles. The Morgan fingerprint density at radius 1 is 1.03 bits per heavy atom. The fourth-order valence-corrected chi connectivity index (χ4v) is 11.0. The Morgan fingerprint density at radius 3 is 2.26 bits per heavy atom. The summed E-state index contributed by atoms with van der Waals surface area (Å²) in [6, 6.07) is 0. The van der Waals surface area contributed by atoms with Gasteiger partial charge in [0.25, 0.3) is 0 Å². The summed E-state index contributed by atoms with van der Waals surface area (Å²) < 4.78 is 101. The standard InChI is InChI=1S/C23H33F3O6S2/c1-20(2)8-6-9-21(3)17(20)7-10-22(4)18(21)13-33(27,28)16-12-14(31-5)11-15(19(16)22)32-34(29,30)23(24,25)26/h11-12,16-19H,6-10,13H2,1-5H3/t16?,17-,18+,19?,21-,22+/m0/s1. The van der Waals surface area contributed by atoms with E-state index in [9.17, 15) is 30.0 Å². The predicted molar refractivity (Wildman–Crippen MR) is 120 cm³/mol. The van der Waals surface area contributed by atoms with E-state index >= 15 is 0 Å². The zero-order valence-electron chi connectivity index (χ0n) is 20.1. The Morgan fingerprint density at radius 2 is 1.68 bits per heavy atom. The van der Waals surface area contributed by atoms with Crippen LogP contribution in [0.25, 0.3) is 0 Å². The van der Waals surface area contributed by atoms with Crippen LogP contribution in [0.4, 0.5) is 13.2 Å². The lowest BCUT2D eigenvalue weighted by Gasteiger charge is -2.66. The van der Waals surface area contributed by atoms with Gasteiger partial charge in [0.2, 0.25) is 0 Å². The minimum Gasteiger partial charge on any atom is -0.497 e. The molecule has 6 atom stereocenters. The molecule has 6 nitrogen and oxygen atoms in total. The van der Waals surface area contributed by atoms with Gasteiger partial charge in [-0.2, -0.15) is 21.6 Å². The lowest BCUT2D eigenvalue weighted by atomic mass is 9.41. The Labute approximate surface area is 200 Å². The SMILES string of the molecule is COC1=CC2C(C(OS(=O)(=O)C(F)(F)F)=C1)[C@]1(C)CC[C@H]3C(C)(C)CCC[C@]3(C)[C@H]1CS2(=O)=O. The van der Waals surface area contributed by atoms with E-state index < -0.39 is 47.8 Å². The van der Waals surface area contributed by atoms with Gasteiger partial charge in [0, 0.05) is 12.0 Å². The molecule has 0 aromatic heterocycles. The zero-order chi connectivity index (χ0) is 25.5. The van der Waals surface area contributed by atoms with Crippen LogP contribution in [0.1, 0.15) is 59.8 Å². The lowest BCUT2D eigenvalue weighted by Crippen LogP contribution is -2.64. The zero-order valence-corrected chi connectivity index (χ0v) is 21.7. The van der Waals surface area contributed by atoms with Gasteiger partial charge in [0.05, 0.1) is 18.1 Å². The number of fused-ring (bicyclic) bond motifs is 5. The van der Waals surface area contributed by atoms with Crippen LogP contribution < -0.4 is 0 Å². The predicted octanol–water partition coefficient (Wildman–Crippen LogP) is 4.94. The van der Waals surface area contributed by atoms with Crippen molar-refractivity contribution in [3.63, 3.8) is 0 Å². The van der Waals surface area contributed by atoms with Gasteiger partial charge in [-0.1, -0.05) is 34.1 Å². The van der Waals surface area contributed by atoms with Crippen LogP contribution in [0.5, 0.6) is 0 Å². The number of halogens is 3. The maximum absolute atomic E-state index is 13.6. The summed E-state index contributed by atoms with van der Waals surface area (Å²) in [6.45, 7) is 8.43. The van der Waals surface area contributed by atoms with E-state index in [2.05, 4.69) is 25.0 Å². The third kappa shape index (κ3) is 3.71. The molecule has 0 radical (unpaired) electrons. The number of hydrogen-bond donors (Lipinski definition) is 0. The van der Waals surface area contributed by atoms with Gasteiger partial charge in [0.15, 0.2) is 9.84 Å². The highest BCUT2D eigenvalue weighted by atomic mass is 32.2. The van der Waals surface area contributed by atoms with Crippen LogP contribution in [0.3, 0.4) is 0 Å². The number of allylic oxidation sites excluding steroid dienone is 2. The molecule has 0 aromatic rings. The molecule has 3 fully saturated rings. The van der Waals surface area contributed by atoms with Gasteiger partial charge < -0.3 is 8.92 Å². The molecule has 194 valence electrons. The first-order chi connectivity index (χ1) is 15.4. The van der Waals surface area contributed by atoms with E-state index in [1.165, 1.54) is 13.2 Å². The topological polar surface area (TPSA) is 86.7 Å². The molecule has 1 saturated heterocycles. The minimum atomic E-state index is -5.98. The smallest absolute Gasteiger partial charge is 0.497 e. The molecule has 0 spiro atoms. The van der Waals surface area contributed by atoms with Gasteiger partial charge in [-0.15, -0.1) is 0 Å². The normalized spacial score (nSPS) is 41.2. The number of rotatable bonds is 3. The van der Waals surface area contributed by atoms with Gasteiger partial charge >= 0.3 is 15.6 Å². The average molecular weight is 527 g/mol. The van der Waals surface area contributed by atoms with Crippen LogP contribution in [0, 0.1) is 34.0 Å². The fourth-order valence-electron chi connectivity index (χ4n) is 7.87. The molecule has 4 aliphatic rings. The quantitative estimate of drug-likeness (QED) is 0.382. The molecule has 0 aromatic carbocycles. The molecule has 0 bridgehead atoms. The van der Waals surface area contributed by atoms with Crippen molar-refractivity contribution in [2.24, 2.45) is 34.0 Å². The van der Waals surface area contributed by atoms with E-state index in [4.69, 9.17) is 4.74 Å². The summed E-state index contributed by atoms with van der Waals surface area (Å²) in [6.07, 6.45) is 6.65. The Hall–Kier alpha value is -1.23. The monoisotopic (exact) mass is 526 g/mol. The van der Waals surface area contributed by atoms with Crippen molar-refractivity contribution in [3.8, 4) is 0 Å².